The van der Waals surface area contributed by atoms with E-state index in [2.05, 4.69) is 40.1 Å². The molecule has 1 unspecified atom stereocenters. The summed E-state index contributed by atoms with van der Waals surface area (Å²) in [5.74, 6) is 1.18. The minimum Gasteiger partial charge on any atom is -0.333 e. The van der Waals surface area contributed by atoms with E-state index in [4.69, 9.17) is 0 Å². The molecule has 1 aliphatic heterocycles. The van der Waals surface area contributed by atoms with E-state index in [9.17, 15) is 4.79 Å². The quantitative estimate of drug-likeness (QED) is 0.816. The molecule has 1 saturated heterocycles. The molecule has 0 spiro atoms. The number of nitrogens with zero attached hydrogens (tertiary/aromatic N) is 2. The smallest absolute Gasteiger partial charge is 0.223 e. The predicted molar refractivity (Wildman–Crippen MR) is 96.7 cm³/mol. The van der Waals surface area contributed by atoms with Gasteiger partial charge in [0.1, 0.15) is 0 Å². The molecule has 1 aromatic carbocycles. The fourth-order valence-corrected chi connectivity index (χ4v) is 4.60. The minimum absolute atomic E-state index is 0.247. The van der Waals surface area contributed by atoms with E-state index in [0.29, 0.717) is 5.91 Å². The van der Waals surface area contributed by atoms with Gasteiger partial charge in [0.05, 0.1) is 6.04 Å². The lowest BCUT2D eigenvalue weighted by molar-refractivity contribution is -0.136. The molecule has 3 nitrogen and oxygen atoms in total. The summed E-state index contributed by atoms with van der Waals surface area (Å²) in [5, 5.41) is 0. The van der Waals surface area contributed by atoms with Gasteiger partial charge in [-0.2, -0.15) is 0 Å². The topological polar surface area (TPSA) is 23.6 Å². The van der Waals surface area contributed by atoms with Crippen LogP contribution in [0.2, 0.25) is 0 Å². The van der Waals surface area contributed by atoms with Crippen molar-refractivity contribution in [3.05, 3.63) is 35.9 Å². The molecule has 3 heteroatoms. The Morgan fingerprint density at radius 2 is 1.75 bits per heavy atom. The number of rotatable bonds is 5. The van der Waals surface area contributed by atoms with Gasteiger partial charge >= 0.3 is 0 Å². The van der Waals surface area contributed by atoms with Gasteiger partial charge in [-0.15, -0.1) is 0 Å². The van der Waals surface area contributed by atoms with Gasteiger partial charge in [-0.1, -0.05) is 56.0 Å². The highest BCUT2D eigenvalue weighted by Gasteiger charge is 2.37. The molecule has 0 aromatic heterocycles. The fourth-order valence-electron chi connectivity index (χ4n) is 4.60. The van der Waals surface area contributed by atoms with E-state index >= 15 is 0 Å². The van der Waals surface area contributed by atoms with Gasteiger partial charge in [0.15, 0.2) is 0 Å². The van der Waals surface area contributed by atoms with Crippen LogP contribution in [0.3, 0.4) is 0 Å². The maximum atomic E-state index is 12.9. The summed E-state index contributed by atoms with van der Waals surface area (Å²) in [4.78, 5) is 17.7. The van der Waals surface area contributed by atoms with Gasteiger partial charge in [0, 0.05) is 32.1 Å². The summed E-state index contributed by atoms with van der Waals surface area (Å²) in [7, 11) is 0. The zero-order valence-corrected chi connectivity index (χ0v) is 14.7. The highest BCUT2D eigenvalue weighted by atomic mass is 16.2. The van der Waals surface area contributed by atoms with Crippen molar-refractivity contribution < 1.29 is 4.79 Å². The SMILES string of the molecule is O=C(CCC1CCCC1)N1CCN(C2CC2)CC1c1ccccc1. The van der Waals surface area contributed by atoms with Gasteiger partial charge in [-0.3, -0.25) is 9.69 Å². The van der Waals surface area contributed by atoms with Crippen LogP contribution >= 0.6 is 0 Å². The van der Waals surface area contributed by atoms with E-state index in [1.807, 2.05) is 0 Å². The minimum atomic E-state index is 0.247. The Morgan fingerprint density at radius 1 is 1.00 bits per heavy atom. The van der Waals surface area contributed by atoms with Crippen molar-refractivity contribution in [3.63, 3.8) is 0 Å². The third kappa shape index (κ3) is 3.66. The molecular formula is C21H30N2O. The number of hydrogen-bond acceptors (Lipinski definition) is 2. The molecular weight excluding hydrogens is 296 g/mol. The number of amides is 1. The third-order valence-electron chi connectivity index (χ3n) is 6.22. The zero-order valence-electron chi connectivity index (χ0n) is 14.7. The Hall–Kier alpha value is -1.35. The molecule has 2 aliphatic carbocycles. The van der Waals surface area contributed by atoms with Crippen molar-refractivity contribution in [1.82, 2.24) is 9.80 Å². The average molecular weight is 326 g/mol. The van der Waals surface area contributed by atoms with E-state index < -0.39 is 0 Å². The molecule has 4 rings (SSSR count). The first-order valence-corrected chi connectivity index (χ1v) is 9.90. The molecule has 1 heterocycles. The van der Waals surface area contributed by atoms with Crippen LogP contribution in [0.1, 0.15) is 63.0 Å². The Labute approximate surface area is 146 Å². The number of benzene rings is 1. The van der Waals surface area contributed by atoms with Crippen molar-refractivity contribution >= 4 is 5.91 Å². The Balaban J connectivity index is 1.43. The summed E-state index contributed by atoms with van der Waals surface area (Å²) in [6, 6.07) is 11.7. The molecule has 1 amide bonds. The van der Waals surface area contributed by atoms with Gasteiger partial charge in [0.25, 0.3) is 0 Å². The first-order chi connectivity index (χ1) is 11.8. The Bertz CT molecular complexity index is 548. The highest BCUT2D eigenvalue weighted by Crippen LogP contribution is 2.34. The largest absolute Gasteiger partial charge is 0.333 e. The maximum absolute atomic E-state index is 12.9. The third-order valence-corrected chi connectivity index (χ3v) is 6.22. The van der Waals surface area contributed by atoms with Crippen LogP contribution in [-0.2, 0) is 4.79 Å². The summed E-state index contributed by atoms with van der Waals surface area (Å²) < 4.78 is 0. The van der Waals surface area contributed by atoms with Crippen LogP contribution in [0.25, 0.3) is 0 Å². The second kappa shape index (κ2) is 7.26. The standard InChI is InChI=1S/C21H30N2O/c24-21(13-10-17-6-4-5-7-17)23-15-14-22(19-11-12-19)16-20(23)18-8-2-1-3-9-18/h1-3,8-9,17,19-20H,4-7,10-16H2. The first kappa shape index (κ1) is 16.1. The molecule has 130 valence electrons. The van der Waals surface area contributed by atoms with E-state index in [1.165, 1.54) is 44.1 Å². The molecule has 0 radical (unpaired) electrons. The van der Waals surface area contributed by atoms with E-state index in [0.717, 1.165) is 44.4 Å². The second-order valence-corrected chi connectivity index (χ2v) is 7.93. The van der Waals surface area contributed by atoms with Gasteiger partial charge in [-0.05, 0) is 30.7 Å². The first-order valence-electron chi connectivity index (χ1n) is 9.90. The maximum Gasteiger partial charge on any atom is 0.223 e. The number of piperazine rings is 1. The molecule has 24 heavy (non-hydrogen) atoms. The van der Waals surface area contributed by atoms with Crippen molar-refractivity contribution in [2.75, 3.05) is 19.6 Å². The van der Waals surface area contributed by atoms with Crippen LogP contribution in [0.5, 0.6) is 0 Å². The van der Waals surface area contributed by atoms with Crippen molar-refractivity contribution in [3.8, 4) is 0 Å². The normalized spacial score (nSPS) is 26.0. The number of carbonyl (C=O) groups excluding carboxylic acids is 1. The Kier molecular flexibility index (Phi) is 4.88. The van der Waals surface area contributed by atoms with Crippen LogP contribution in [0, 0.1) is 5.92 Å². The van der Waals surface area contributed by atoms with Crippen LogP contribution < -0.4 is 0 Å². The monoisotopic (exact) mass is 326 g/mol. The lowest BCUT2D eigenvalue weighted by Gasteiger charge is -2.42. The van der Waals surface area contributed by atoms with Gasteiger partial charge in [0.2, 0.25) is 5.91 Å². The number of hydrogen-bond donors (Lipinski definition) is 0. The average Bonchev–Trinajstić information content (AvgIpc) is 3.36. The lowest BCUT2D eigenvalue weighted by Crippen LogP contribution is -2.51. The predicted octanol–water partition coefficient (Wildman–Crippen LogP) is 4.00. The van der Waals surface area contributed by atoms with Crippen molar-refractivity contribution in [2.45, 2.75) is 63.5 Å². The van der Waals surface area contributed by atoms with E-state index in [1.54, 1.807) is 0 Å². The number of carbonyl (C=O) groups is 1. The molecule has 3 aliphatic rings. The summed E-state index contributed by atoms with van der Waals surface area (Å²) in [6.45, 7) is 2.98. The summed E-state index contributed by atoms with van der Waals surface area (Å²) in [5.41, 5.74) is 1.30. The lowest BCUT2D eigenvalue weighted by atomic mass is 9.98. The summed E-state index contributed by atoms with van der Waals surface area (Å²) in [6.07, 6.45) is 9.95. The molecule has 2 saturated carbocycles. The molecule has 3 fully saturated rings. The molecule has 0 N–H and O–H groups in total. The van der Waals surface area contributed by atoms with Gasteiger partial charge in [-0.25, -0.2) is 0 Å². The molecule has 1 atom stereocenters. The van der Waals surface area contributed by atoms with E-state index in [-0.39, 0.29) is 6.04 Å². The second-order valence-electron chi connectivity index (χ2n) is 7.93. The van der Waals surface area contributed by atoms with Crippen LogP contribution in [-0.4, -0.2) is 41.4 Å². The van der Waals surface area contributed by atoms with Crippen molar-refractivity contribution in [2.24, 2.45) is 5.92 Å². The highest BCUT2D eigenvalue weighted by molar-refractivity contribution is 5.77. The molecule has 1 aromatic rings. The zero-order chi connectivity index (χ0) is 16.4. The summed E-state index contributed by atoms with van der Waals surface area (Å²) >= 11 is 0. The Morgan fingerprint density at radius 3 is 2.46 bits per heavy atom. The van der Waals surface area contributed by atoms with Crippen molar-refractivity contribution in [1.29, 1.82) is 0 Å². The molecule has 0 bridgehead atoms. The fraction of sp³-hybridized carbons (Fsp3) is 0.667. The van der Waals surface area contributed by atoms with Gasteiger partial charge < -0.3 is 4.90 Å². The van der Waals surface area contributed by atoms with Crippen LogP contribution in [0.4, 0.5) is 0 Å². The van der Waals surface area contributed by atoms with Crippen LogP contribution in [0.15, 0.2) is 30.3 Å².